The molecule has 1 N–H and O–H groups in total. The number of rotatable bonds is 8. The molecule has 0 saturated heterocycles. The highest BCUT2D eigenvalue weighted by atomic mass is 32.2. The van der Waals surface area contributed by atoms with Crippen molar-refractivity contribution in [2.45, 2.75) is 56.1 Å². The second-order valence-electron chi connectivity index (χ2n) is 10.0. The van der Waals surface area contributed by atoms with Gasteiger partial charge in [-0.15, -0.1) is 8.78 Å². The lowest BCUT2D eigenvalue weighted by atomic mass is 9.81. The number of benzene rings is 2. The Morgan fingerprint density at radius 2 is 1.90 bits per heavy atom. The summed E-state index contributed by atoms with van der Waals surface area (Å²) in [6.07, 6.45) is -1.29. The van der Waals surface area contributed by atoms with E-state index < -0.39 is 27.7 Å². The maximum absolute atomic E-state index is 15.7. The largest absolute Gasteiger partial charge is 0.586 e. The van der Waals surface area contributed by atoms with Crippen molar-refractivity contribution >= 4 is 26.8 Å². The van der Waals surface area contributed by atoms with E-state index in [9.17, 15) is 22.0 Å². The van der Waals surface area contributed by atoms with Gasteiger partial charge in [0, 0.05) is 17.3 Å². The number of hydrogen-bond acceptors (Lipinski definition) is 7. The van der Waals surface area contributed by atoms with E-state index in [2.05, 4.69) is 20.0 Å². The Morgan fingerprint density at radius 3 is 2.59 bits per heavy atom. The van der Waals surface area contributed by atoms with Gasteiger partial charge in [0.25, 0.3) is 5.91 Å². The molecule has 214 valence electrons. The Balaban J connectivity index is 1.27. The van der Waals surface area contributed by atoms with Gasteiger partial charge in [-0.25, -0.2) is 17.8 Å². The highest BCUT2D eigenvalue weighted by Crippen LogP contribution is 2.47. The summed E-state index contributed by atoms with van der Waals surface area (Å²) in [6, 6.07) is 12.3. The average Bonchev–Trinajstić information content (AvgIpc) is 3.46. The summed E-state index contributed by atoms with van der Waals surface area (Å²) in [6.45, 7) is 1.60. The second-order valence-corrected chi connectivity index (χ2v) is 12.3. The lowest BCUT2D eigenvalue weighted by Gasteiger charge is -2.33. The maximum Gasteiger partial charge on any atom is 0.586 e. The number of halogens is 3. The van der Waals surface area contributed by atoms with E-state index >= 15 is 4.39 Å². The molecule has 0 bridgehead atoms. The first-order valence-corrected chi connectivity index (χ1v) is 14.7. The lowest BCUT2D eigenvalue weighted by Crippen LogP contribution is -2.32. The van der Waals surface area contributed by atoms with Crippen LogP contribution in [0.1, 0.15) is 53.6 Å². The maximum atomic E-state index is 15.7. The number of sulfone groups is 1. The molecule has 3 heterocycles. The smallest absolute Gasteiger partial charge is 0.395 e. The summed E-state index contributed by atoms with van der Waals surface area (Å²) < 4.78 is 78.1. The molecule has 1 aliphatic heterocycles. The lowest BCUT2D eigenvalue weighted by molar-refractivity contribution is -0.287. The summed E-state index contributed by atoms with van der Waals surface area (Å²) in [7, 11) is -3.38. The highest BCUT2D eigenvalue weighted by Gasteiger charge is 2.46. The van der Waals surface area contributed by atoms with Crippen molar-refractivity contribution < 1.29 is 35.9 Å². The minimum absolute atomic E-state index is 0.00107. The minimum Gasteiger partial charge on any atom is -0.395 e. The van der Waals surface area contributed by atoms with E-state index in [1.165, 1.54) is 24.4 Å². The average molecular weight is 587 g/mol. The van der Waals surface area contributed by atoms with Gasteiger partial charge >= 0.3 is 6.29 Å². The third-order valence-electron chi connectivity index (χ3n) is 7.36. The minimum atomic E-state index is -3.79. The molecule has 2 aromatic heterocycles. The number of pyridine rings is 1. The van der Waals surface area contributed by atoms with Gasteiger partial charge in [0.15, 0.2) is 27.0 Å². The molecule has 4 aromatic rings. The third-order valence-corrected chi connectivity index (χ3v) is 9.08. The van der Waals surface area contributed by atoms with Crippen molar-refractivity contribution in [1.82, 2.24) is 19.9 Å². The van der Waals surface area contributed by atoms with Gasteiger partial charge in [0.1, 0.15) is 5.82 Å². The molecule has 0 radical (unpaired) electrons. The van der Waals surface area contributed by atoms with Gasteiger partial charge in [0.05, 0.1) is 40.5 Å². The first kappa shape index (κ1) is 27.1. The monoisotopic (exact) mass is 586 g/mol. The summed E-state index contributed by atoms with van der Waals surface area (Å²) in [4.78, 5) is 21.7. The van der Waals surface area contributed by atoms with Crippen LogP contribution < -0.4 is 14.8 Å². The van der Waals surface area contributed by atoms with E-state index in [1.807, 2.05) is 0 Å². The fourth-order valence-electron chi connectivity index (χ4n) is 4.94. The van der Waals surface area contributed by atoms with Gasteiger partial charge < -0.3 is 19.4 Å². The topological polar surface area (TPSA) is 112 Å². The van der Waals surface area contributed by atoms with Crippen molar-refractivity contribution in [2.24, 2.45) is 0 Å². The molecule has 1 aliphatic carbocycles. The van der Waals surface area contributed by atoms with Crippen LogP contribution >= 0.6 is 0 Å². The zero-order chi connectivity index (χ0) is 29.0. The van der Waals surface area contributed by atoms with Crippen molar-refractivity contribution in [3.05, 3.63) is 77.4 Å². The number of fused-ring (bicyclic) bond motifs is 2. The Labute approximate surface area is 233 Å². The number of hydrogen-bond donors (Lipinski definition) is 1. The summed E-state index contributed by atoms with van der Waals surface area (Å²) in [5, 5.41) is 2.74. The number of nitrogens with zero attached hydrogens (tertiary/aromatic N) is 3. The second kappa shape index (κ2) is 9.75. The van der Waals surface area contributed by atoms with Crippen molar-refractivity contribution in [2.75, 3.05) is 5.75 Å². The van der Waals surface area contributed by atoms with Crippen LogP contribution in [0.3, 0.4) is 0 Å². The first-order valence-electron chi connectivity index (χ1n) is 13.0. The van der Waals surface area contributed by atoms with Crippen LogP contribution in [-0.4, -0.2) is 40.9 Å². The Bertz CT molecular complexity index is 1770. The van der Waals surface area contributed by atoms with Gasteiger partial charge in [-0.1, -0.05) is 19.1 Å². The first-order chi connectivity index (χ1) is 19.5. The van der Waals surface area contributed by atoms with E-state index in [0.29, 0.717) is 28.7 Å². The number of carbonyl (C=O) groups excluding carboxylic acids is 1. The van der Waals surface area contributed by atoms with Gasteiger partial charge in [0.2, 0.25) is 0 Å². The molecule has 41 heavy (non-hydrogen) atoms. The van der Waals surface area contributed by atoms with Crippen molar-refractivity contribution in [3.63, 3.8) is 0 Å². The third kappa shape index (κ3) is 4.98. The van der Waals surface area contributed by atoms with Crippen LogP contribution in [0.15, 0.2) is 59.6 Å². The summed E-state index contributed by atoms with van der Waals surface area (Å²) in [5.74, 6) is -0.531. The molecule has 1 amide bonds. The number of para-hydroxylation sites is 1. The molecule has 2 aromatic carbocycles. The highest BCUT2D eigenvalue weighted by molar-refractivity contribution is 7.91. The molecule has 0 unspecified atom stereocenters. The molecule has 1 saturated carbocycles. The molecular weight excluding hydrogens is 561 g/mol. The Morgan fingerprint density at radius 1 is 1.10 bits per heavy atom. The molecule has 2 aliphatic rings. The van der Waals surface area contributed by atoms with E-state index in [-0.39, 0.29) is 59.5 Å². The van der Waals surface area contributed by atoms with E-state index in [1.54, 1.807) is 41.8 Å². The number of alkyl halides is 3. The van der Waals surface area contributed by atoms with Crippen molar-refractivity contribution in [1.29, 1.82) is 0 Å². The number of nitrogens with one attached hydrogen (secondary N) is 1. The summed E-state index contributed by atoms with van der Waals surface area (Å²) >= 11 is 0. The predicted molar refractivity (Wildman–Crippen MR) is 141 cm³/mol. The number of ether oxygens (including phenoxy) is 2. The number of aromatic nitrogens is 3. The van der Waals surface area contributed by atoms with Gasteiger partial charge in [-0.05, 0) is 55.7 Å². The quantitative estimate of drug-likeness (QED) is 0.313. The van der Waals surface area contributed by atoms with Crippen LogP contribution in [0.2, 0.25) is 0 Å². The molecule has 13 heteroatoms. The van der Waals surface area contributed by atoms with Crippen LogP contribution in [0.25, 0.3) is 11.0 Å². The zero-order valence-electron chi connectivity index (χ0n) is 21.9. The van der Waals surface area contributed by atoms with Crippen LogP contribution in [0.5, 0.6) is 11.5 Å². The van der Waals surface area contributed by atoms with Gasteiger partial charge in [-0.3, -0.25) is 9.78 Å². The standard InChI is InChI=1S/C28H25F3N4O5S/c1-2-41(37,38)20-9-8-19(32-15-20)14-33-25(36)17-7-10-22-21(13-17)34-26(27(29)11-4-12-27)35(22)16-18-5-3-6-23-24(18)40-28(30,31)39-23/h3,5-10,13,15H,2,4,11-12,14,16H2,1H3,(H,33,36). The van der Waals surface area contributed by atoms with E-state index in [0.717, 1.165) is 0 Å². The molecule has 9 nitrogen and oxygen atoms in total. The number of carbonyl (C=O) groups is 1. The normalized spacial score (nSPS) is 16.9. The molecule has 1 fully saturated rings. The summed E-state index contributed by atoms with van der Waals surface area (Å²) in [5.41, 5.74) is 0.339. The van der Waals surface area contributed by atoms with Gasteiger partial charge in [-0.2, -0.15) is 0 Å². The Kier molecular flexibility index (Phi) is 6.44. The predicted octanol–water partition coefficient (Wildman–Crippen LogP) is 4.87. The van der Waals surface area contributed by atoms with Crippen molar-refractivity contribution in [3.8, 4) is 11.5 Å². The van der Waals surface area contributed by atoms with Crippen LogP contribution in [-0.2, 0) is 28.6 Å². The zero-order valence-corrected chi connectivity index (χ0v) is 22.7. The van der Waals surface area contributed by atoms with Crippen LogP contribution in [0, 0.1) is 0 Å². The van der Waals surface area contributed by atoms with Crippen LogP contribution in [0.4, 0.5) is 13.2 Å². The molecule has 6 rings (SSSR count). The number of amides is 1. The molecule has 0 atom stereocenters. The Hall–Kier alpha value is -4.13. The van der Waals surface area contributed by atoms with E-state index in [4.69, 9.17) is 4.74 Å². The molecule has 0 spiro atoms. The SMILES string of the molecule is CCS(=O)(=O)c1ccc(CNC(=O)c2ccc3c(c2)nc(C2(F)CCC2)n3Cc2cccc3c2OC(F)(F)O3)nc1. The molecular formula is C28H25F3N4O5S. The number of imidazole rings is 1. The fraction of sp³-hybridized carbons (Fsp3) is 0.321. The fourth-order valence-corrected chi connectivity index (χ4v) is 5.76.